The maximum atomic E-state index is 7.43. The summed E-state index contributed by atoms with van der Waals surface area (Å²) in [5, 5.41) is 7.43. The number of alkyl halides is 1. The molecule has 0 bridgehead atoms. The second kappa shape index (κ2) is 4.59. The molecule has 72 valence electrons. The largest absolute Gasteiger partial charge is 0.466 e. The highest BCUT2D eigenvalue weighted by Gasteiger charge is 2.29. The van der Waals surface area contributed by atoms with Gasteiger partial charge in [-0.15, -0.1) is 0 Å². The van der Waals surface area contributed by atoms with Crippen LogP contribution < -0.4 is 0 Å². The van der Waals surface area contributed by atoms with Gasteiger partial charge in [-0.25, -0.2) is 4.99 Å². The molecule has 0 saturated carbocycles. The van der Waals surface area contributed by atoms with E-state index < -0.39 is 0 Å². The Morgan fingerprint density at radius 3 is 2.85 bits per heavy atom. The second-order valence-corrected chi connectivity index (χ2v) is 3.77. The minimum atomic E-state index is -0.0994. The van der Waals surface area contributed by atoms with E-state index in [2.05, 4.69) is 27.6 Å². The van der Waals surface area contributed by atoms with Crippen molar-refractivity contribution < 1.29 is 9.47 Å². The van der Waals surface area contributed by atoms with Crippen LogP contribution in [0.1, 0.15) is 13.8 Å². The fourth-order valence-corrected chi connectivity index (χ4v) is 1.16. The van der Waals surface area contributed by atoms with E-state index in [1.807, 2.05) is 13.8 Å². The zero-order valence-corrected chi connectivity index (χ0v) is 9.61. The van der Waals surface area contributed by atoms with Crippen molar-refractivity contribution in [2.24, 2.45) is 4.99 Å². The number of aliphatic imine (C=N–C) groups is 1. The molecule has 0 aromatic rings. The van der Waals surface area contributed by atoms with Crippen molar-refractivity contribution in [2.45, 2.75) is 24.1 Å². The molecule has 5 heteroatoms. The van der Waals surface area contributed by atoms with Gasteiger partial charge in [0.15, 0.2) is 4.11 Å². The van der Waals surface area contributed by atoms with Crippen LogP contribution in [-0.4, -0.2) is 22.0 Å². The van der Waals surface area contributed by atoms with Crippen molar-refractivity contribution >= 4 is 34.4 Å². The number of halogens is 1. The lowest BCUT2D eigenvalue weighted by Crippen LogP contribution is -2.39. The Labute approximate surface area is 90.7 Å². The third kappa shape index (κ3) is 2.68. The normalized spacial score (nSPS) is 31.9. The van der Waals surface area contributed by atoms with Gasteiger partial charge >= 0.3 is 0 Å². The first kappa shape index (κ1) is 10.5. The van der Waals surface area contributed by atoms with E-state index in [-0.39, 0.29) is 22.0 Å². The van der Waals surface area contributed by atoms with Crippen LogP contribution in [0.2, 0.25) is 0 Å². The zero-order valence-electron chi connectivity index (χ0n) is 7.45. The number of nitrogens with zero attached hydrogens (tertiary/aromatic N) is 1. The molecule has 1 rings (SSSR count). The van der Waals surface area contributed by atoms with Gasteiger partial charge in [-0.05, 0) is 36.4 Å². The minimum Gasteiger partial charge on any atom is -0.466 e. The molecule has 1 fully saturated rings. The Balaban J connectivity index is 2.72. The number of hydrogen-bond donors (Lipinski definition) is 1. The van der Waals surface area contributed by atoms with E-state index in [1.54, 1.807) is 12.3 Å². The molecule has 0 aromatic heterocycles. The van der Waals surface area contributed by atoms with Gasteiger partial charge in [0.2, 0.25) is 0 Å². The molecule has 1 saturated heterocycles. The summed E-state index contributed by atoms with van der Waals surface area (Å²) in [6.45, 7) is 3.71. The first-order valence-corrected chi connectivity index (χ1v) is 5.15. The molecule has 2 unspecified atom stereocenters. The Bertz CT molecular complexity index is 263. The maximum absolute atomic E-state index is 7.43. The third-order valence-corrected chi connectivity index (χ3v) is 2.70. The number of rotatable bonds is 1. The highest BCUT2D eigenvalue weighted by molar-refractivity contribution is 14.1. The summed E-state index contributed by atoms with van der Waals surface area (Å²) in [5.74, 6) is 0.245. The van der Waals surface area contributed by atoms with Crippen molar-refractivity contribution in [1.82, 2.24) is 0 Å². The summed E-state index contributed by atoms with van der Waals surface area (Å²) < 4.78 is 10.5. The molecule has 0 aliphatic carbocycles. The summed E-state index contributed by atoms with van der Waals surface area (Å²) in [6.07, 6.45) is 3.24. The topological polar surface area (TPSA) is 54.7 Å². The average Bonchev–Trinajstić information content (AvgIpc) is 2.09. The van der Waals surface area contributed by atoms with Crippen LogP contribution in [0.25, 0.3) is 0 Å². The van der Waals surface area contributed by atoms with Crippen LogP contribution in [0, 0.1) is 5.41 Å². The number of ether oxygens (including phenoxy) is 2. The molecule has 0 radical (unpaired) electrons. The summed E-state index contributed by atoms with van der Waals surface area (Å²) in [4.78, 5) is 3.93. The van der Waals surface area contributed by atoms with Crippen LogP contribution >= 0.6 is 22.6 Å². The van der Waals surface area contributed by atoms with Crippen LogP contribution in [0.5, 0.6) is 0 Å². The van der Waals surface area contributed by atoms with Crippen LogP contribution in [0.15, 0.2) is 17.3 Å². The lowest BCUT2D eigenvalue weighted by molar-refractivity contribution is 0.0896. The highest BCUT2D eigenvalue weighted by Crippen LogP contribution is 2.18. The van der Waals surface area contributed by atoms with Crippen LogP contribution in [-0.2, 0) is 9.47 Å². The summed E-state index contributed by atoms with van der Waals surface area (Å²) in [7, 11) is 0. The molecular weight excluding hydrogens is 283 g/mol. The SMILES string of the molecule is C/C=C\N=C1OC(I)C(C)OC1=N. The Morgan fingerprint density at radius 1 is 1.54 bits per heavy atom. The van der Waals surface area contributed by atoms with E-state index in [0.717, 1.165) is 0 Å². The second-order valence-electron chi connectivity index (χ2n) is 2.54. The van der Waals surface area contributed by atoms with Gasteiger partial charge in [0.1, 0.15) is 6.10 Å². The summed E-state index contributed by atoms with van der Waals surface area (Å²) in [6, 6.07) is 0. The Morgan fingerprint density at radius 2 is 2.23 bits per heavy atom. The standard InChI is InChI=1S/C8H11IN2O2/c1-3-4-11-8-7(10)12-5(2)6(9)13-8/h3-6,10H,1-2H3/b4-3-,10-7?,11-8?. The van der Waals surface area contributed by atoms with Crippen molar-refractivity contribution in [2.75, 3.05) is 0 Å². The fraction of sp³-hybridized carbons (Fsp3) is 0.500. The van der Waals surface area contributed by atoms with Gasteiger partial charge in [-0.3, -0.25) is 5.41 Å². The van der Waals surface area contributed by atoms with E-state index >= 15 is 0 Å². The Kier molecular flexibility index (Phi) is 3.71. The maximum Gasteiger partial charge on any atom is 0.278 e. The van der Waals surface area contributed by atoms with Gasteiger partial charge < -0.3 is 9.47 Å². The highest BCUT2D eigenvalue weighted by atomic mass is 127. The first-order chi connectivity index (χ1) is 6.15. The van der Waals surface area contributed by atoms with Crippen molar-refractivity contribution in [3.63, 3.8) is 0 Å². The predicted molar refractivity (Wildman–Crippen MR) is 59.4 cm³/mol. The van der Waals surface area contributed by atoms with Crippen LogP contribution in [0.3, 0.4) is 0 Å². The number of allylic oxidation sites excluding steroid dienone is 1. The van der Waals surface area contributed by atoms with Crippen molar-refractivity contribution in [3.8, 4) is 0 Å². The molecule has 1 aliphatic rings. The van der Waals surface area contributed by atoms with E-state index in [4.69, 9.17) is 14.9 Å². The quantitative estimate of drug-likeness (QED) is 0.594. The molecule has 1 aliphatic heterocycles. The van der Waals surface area contributed by atoms with Crippen LogP contribution in [0.4, 0.5) is 0 Å². The fourth-order valence-electron chi connectivity index (χ4n) is 0.777. The zero-order chi connectivity index (χ0) is 9.84. The molecule has 0 amide bonds. The molecular formula is C8H11IN2O2. The summed E-state index contributed by atoms with van der Waals surface area (Å²) >= 11 is 2.11. The Hall–Kier alpha value is -0.590. The van der Waals surface area contributed by atoms with Crippen molar-refractivity contribution in [3.05, 3.63) is 12.3 Å². The molecule has 2 atom stereocenters. The minimum absolute atomic E-state index is 0.00137. The predicted octanol–water partition coefficient (Wildman–Crippen LogP) is 2.09. The average molecular weight is 294 g/mol. The van der Waals surface area contributed by atoms with Gasteiger partial charge in [-0.2, -0.15) is 0 Å². The third-order valence-electron chi connectivity index (χ3n) is 1.43. The molecule has 0 aromatic carbocycles. The molecule has 4 nitrogen and oxygen atoms in total. The van der Waals surface area contributed by atoms with Gasteiger partial charge in [0.25, 0.3) is 11.8 Å². The smallest absolute Gasteiger partial charge is 0.278 e. The molecule has 0 spiro atoms. The first-order valence-electron chi connectivity index (χ1n) is 3.90. The number of hydrogen-bond acceptors (Lipinski definition) is 4. The lowest BCUT2D eigenvalue weighted by Gasteiger charge is -2.27. The van der Waals surface area contributed by atoms with E-state index in [1.165, 1.54) is 0 Å². The van der Waals surface area contributed by atoms with E-state index in [9.17, 15) is 0 Å². The molecule has 1 heterocycles. The van der Waals surface area contributed by atoms with Gasteiger partial charge in [0, 0.05) is 6.20 Å². The number of nitrogens with one attached hydrogen (secondary N) is 1. The lowest BCUT2D eigenvalue weighted by atomic mass is 10.4. The van der Waals surface area contributed by atoms with E-state index in [0.29, 0.717) is 0 Å². The summed E-state index contributed by atoms with van der Waals surface area (Å²) in [5.41, 5.74) is 0. The monoisotopic (exact) mass is 294 g/mol. The van der Waals surface area contributed by atoms with Gasteiger partial charge in [0.05, 0.1) is 0 Å². The molecule has 13 heavy (non-hydrogen) atoms. The van der Waals surface area contributed by atoms with Gasteiger partial charge in [-0.1, -0.05) is 6.08 Å². The molecule has 1 N–H and O–H groups in total. The van der Waals surface area contributed by atoms with Crippen molar-refractivity contribution in [1.29, 1.82) is 5.41 Å².